The number of ether oxygens (including phenoxy) is 1. The van der Waals surface area contributed by atoms with Crippen LogP contribution in [-0.4, -0.2) is 18.0 Å². The van der Waals surface area contributed by atoms with Crippen LogP contribution in [0.4, 0.5) is 21.6 Å². The van der Waals surface area contributed by atoms with Crippen molar-refractivity contribution in [2.45, 2.75) is 0 Å². The van der Waals surface area contributed by atoms with Gasteiger partial charge in [0.05, 0.1) is 24.0 Å². The molecule has 0 saturated heterocycles. The fraction of sp³-hybridized carbons (Fsp3) is 0.0526. The van der Waals surface area contributed by atoms with Crippen LogP contribution in [0.15, 0.2) is 60.8 Å². The molecule has 1 amide bonds. The van der Waals surface area contributed by atoms with Gasteiger partial charge in [-0.25, -0.2) is 9.37 Å². The number of benzene rings is 2. The lowest BCUT2D eigenvalue weighted by Gasteiger charge is -2.09. The molecule has 1 aromatic heterocycles. The molecule has 132 valence electrons. The van der Waals surface area contributed by atoms with Gasteiger partial charge in [0.25, 0.3) is 5.91 Å². The third kappa shape index (κ3) is 4.29. The van der Waals surface area contributed by atoms with Gasteiger partial charge < -0.3 is 15.4 Å². The third-order valence-corrected chi connectivity index (χ3v) is 3.83. The molecule has 0 aliphatic carbocycles. The van der Waals surface area contributed by atoms with E-state index in [9.17, 15) is 9.18 Å². The van der Waals surface area contributed by atoms with Crippen molar-refractivity contribution in [3.63, 3.8) is 0 Å². The number of hydrogen-bond donors (Lipinski definition) is 2. The predicted molar refractivity (Wildman–Crippen MR) is 99.9 cm³/mol. The molecular weight excluding hydrogens is 357 g/mol. The van der Waals surface area contributed by atoms with Gasteiger partial charge in [0.15, 0.2) is 0 Å². The molecule has 0 saturated carbocycles. The molecule has 0 fully saturated rings. The second-order valence-electron chi connectivity index (χ2n) is 5.37. The van der Waals surface area contributed by atoms with Crippen molar-refractivity contribution in [3.05, 3.63) is 77.2 Å². The number of anilines is 3. The number of pyridine rings is 1. The SMILES string of the molecule is COc1ccc(Nc2ccc(NC(=O)c3cccc(F)c3)cn2)cc1Cl. The van der Waals surface area contributed by atoms with E-state index in [0.29, 0.717) is 22.3 Å². The lowest BCUT2D eigenvalue weighted by Crippen LogP contribution is -2.12. The highest BCUT2D eigenvalue weighted by molar-refractivity contribution is 6.32. The number of nitrogens with one attached hydrogen (secondary N) is 2. The fourth-order valence-corrected chi connectivity index (χ4v) is 2.52. The number of amides is 1. The maximum absolute atomic E-state index is 13.2. The van der Waals surface area contributed by atoms with Crippen LogP contribution in [0.25, 0.3) is 0 Å². The van der Waals surface area contributed by atoms with E-state index in [1.807, 2.05) is 6.07 Å². The van der Waals surface area contributed by atoms with Gasteiger partial charge >= 0.3 is 0 Å². The number of nitrogens with zero attached hydrogens (tertiary/aromatic N) is 1. The van der Waals surface area contributed by atoms with Crippen LogP contribution in [0.1, 0.15) is 10.4 Å². The number of methoxy groups -OCH3 is 1. The molecular formula is C19H15ClFN3O2. The normalized spacial score (nSPS) is 10.3. The second-order valence-corrected chi connectivity index (χ2v) is 5.78. The van der Waals surface area contributed by atoms with Crippen LogP contribution in [-0.2, 0) is 0 Å². The molecule has 5 nitrogen and oxygen atoms in total. The average Bonchev–Trinajstić information content (AvgIpc) is 2.63. The molecule has 0 atom stereocenters. The Morgan fingerprint density at radius 2 is 1.92 bits per heavy atom. The van der Waals surface area contributed by atoms with Gasteiger partial charge in [-0.15, -0.1) is 0 Å². The predicted octanol–water partition coefficient (Wildman–Crippen LogP) is 4.88. The molecule has 26 heavy (non-hydrogen) atoms. The van der Waals surface area contributed by atoms with Gasteiger partial charge in [0.2, 0.25) is 0 Å². The summed E-state index contributed by atoms with van der Waals surface area (Å²) in [6.07, 6.45) is 1.50. The first-order valence-electron chi connectivity index (χ1n) is 7.69. The first-order chi connectivity index (χ1) is 12.5. The van der Waals surface area contributed by atoms with Crippen molar-refractivity contribution in [2.75, 3.05) is 17.7 Å². The molecule has 2 N–H and O–H groups in total. The summed E-state index contributed by atoms with van der Waals surface area (Å²) in [5.41, 5.74) is 1.48. The van der Waals surface area contributed by atoms with E-state index >= 15 is 0 Å². The Kier molecular flexibility index (Phi) is 5.34. The molecule has 0 spiro atoms. The summed E-state index contributed by atoms with van der Waals surface area (Å²) < 4.78 is 18.3. The van der Waals surface area contributed by atoms with Gasteiger partial charge in [0, 0.05) is 11.3 Å². The number of halogens is 2. The molecule has 0 radical (unpaired) electrons. The van der Waals surface area contributed by atoms with E-state index < -0.39 is 11.7 Å². The second kappa shape index (κ2) is 7.84. The summed E-state index contributed by atoms with van der Waals surface area (Å²) in [6.45, 7) is 0. The number of rotatable bonds is 5. The molecule has 3 aromatic rings. The summed E-state index contributed by atoms with van der Waals surface area (Å²) in [4.78, 5) is 16.3. The minimum absolute atomic E-state index is 0.236. The van der Waals surface area contributed by atoms with E-state index in [1.54, 1.807) is 31.4 Å². The number of carbonyl (C=O) groups is 1. The average molecular weight is 372 g/mol. The molecule has 0 aliphatic rings. The van der Waals surface area contributed by atoms with Crippen LogP contribution >= 0.6 is 11.6 Å². The van der Waals surface area contributed by atoms with Crippen molar-refractivity contribution >= 4 is 34.7 Å². The molecule has 0 bridgehead atoms. The van der Waals surface area contributed by atoms with E-state index in [2.05, 4.69) is 15.6 Å². The number of hydrogen-bond acceptors (Lipinski definition) is 4. The number of aromatic nitrogens is 1. The summed E-state index contributed by atoms with van der Waals surface area (Å²) >= 11 is 6.09. The maximum atomic E-state index is 13.2. The van der Waals surface area contributed by atoms with Gasteiger partial charge in [0.1, 0.15) is 17.4 Å². The summed E-state index contributed by atoms with van der Waals surface area (Å²) in [7, 11) is 1.55. The Labute approximate surface area is 154 Å². The highest BCUT2D eigenvalue weighted by Gasteiger charge is 2.08. The zero-order valence-corrected chi connectivity index (χ0v) is 14.5. The lowest BCUT2D eigenvalue weighted by atomic mass is 10.2. The van der Waals surface area contributed by atoms with Gasteiger partial charge in [-0.1, -0.05) is 17.7 Å². The van der Waals surface area contributed by atoms with E-state index in [1.165, 1.54) is 30.5 Å². The van der Waals surface area contributed by atoms with Gasteiger partial charge in [-0.05, 0) is 48.5 Å². The Morgan fingerprint density at radius 1 is 1.12 bits per heavy atom. The highest BCUT2D eigenvalue weighted by atomic mass is 35.5. The molecule has 1 heterocycles. The van der Waals surface area contributed by atoms with Crippen LogP contribution in [0.2, 0.25) is 5.02 Å². The zero-order chi connectivity index (χ0) is 18.5. The Morgan fingerprint density at radius 3 is 2.58 bits per heavy atom. The van der Waals surface area contributed by atoms with Gasteiger partial charge in [-0.2, -0.15) is 0 Å². The maximum Gasteiger partial charge on any atom is 0.255 e. The first-order valence-corrected chi connectivity index (χ1v) is 8.06. The topological polar surface area (TPSA) is 63.2 Å². The Balaban J connectivity index is 1.66. The minimum Gasteiger partial charge on any atom is -0.495 e. The largest absolute Gasteiger partial charge is 0.495 e. The minimum atomic E-state index is -0.464. The van der Waals surface area contributed by atoms with Crippen LogP contribution < -0.4 is 15.4 Å². The van der Waals surface area contributed by atoms with Crippen molar-refractivity contribution in [2.24, 2.45) is 0 Å². The smallest absolute Gasteiger partial charge is 0.255 e. The molecule has 7 heteroatoms. The monoisotopic (exact) mass is 371 g/mol. The third-order valence-electron chi connectivity index (χ3n) is 3.53. The van der Waals surface area contributed by atoms with Crippen LogP contribution in [0.5, 0.6) is 5.75 Å². The molecule has 2 aromatic carbocycles. The van der Waals surface area contributed by atoms with Crippen LogP contribution in [0, 0.1) is 5.82 Å². The van der Waals surface area contributed by atoms with Gasteiger partial charge in [-0.3, -0.25) is 4.79 Å². The standard InChI is InChI=1S/C19H15ClFN3O2/c1-26-17-7-5-14(10-16(17)20)23-18-8-6-15(11-22-18)24-19(25)12-3-2-4-13(21)9-12/h2-11H,1H3,(H,22,23)(H,24,25). The van der Waals surface area contributed by atoms with Crippen molar-refractivity contribution < 1.29 is 13.9 Å². The Bertz CT molecular complexity index is 932. The summed E-state index contributed by atoms with van der Waals surface area (Å²) in [5.74, 6) is 0.290. The fourth-order valence-electron chi connectivity index (χ4n) is 2.27. The van der Waals surface area contributed by atoms with Crippen molar-refractivity contribution in [3.8, 4) is 5.75 Å². The van der Waals surface area contributed by atoms with Crippen molar-refractivity contribution in [1.82, 2.24) is 4.98 Å². The first kappa shape index (κ1) is 17.7. The zero-order valence-electron chi connectivity index (χ0n) is 13.8. The van der Waals surface area contributed by atoms with Crippen LogP contribution in [0.3, 0.4) is 0 Å². The van der Waals surface area contributed by atoms with E-state index in [0.717, 1.165) is 5.69 Å². The number of carbonyl (C=O) groups excluding carboxylic acids is 1. The van der Waals surface area contributed by atoms with Crippen molar-refractivity contribution in [1.29, 1.82) is 0 Å². The highest BCUT2D eigenvalue weighted by Crippen LogP contribution is 2.28. The lowest BCUT2D eigenvalue weighted by molar-refractivity contribution is 0.102. The Hall–Kier alpha value is -3.12. The summed E-state index contributed by atoms with van der Waals surface area (Å²) in [5, 5.41) is 6.25. The summed E-state index contributed by atoms with van der Waals surface area (Å²) in [6, 6.07) is 14.2. The molecule has 3 rings (SSSR count). The quantitative estimate of drug-likeness (QED) is 0.671. The van der Waals surface area contributed by atoms with E-state index in [4.69, 9.17) is 16.3 Å². The molecule has 0 unspecified atom stereocenters. The molecule has 0 aliphatic heterocycles. The van der Waals surface area contributed by atoms with E-state index in [-0.39, 0.29) is 5.56 Å².